The molecule has 1 N–H and O–H groups in total. The van der Waals surface area contributed by atoms with Crippen molar-refractivity contribution < 1.29 is 9.59 Å². The van der Waals surface area contributed by atoms with Gasteiger partial charge in [-0.25, -0.2) is 0 Å². The van der Waals surface area contributed by atoms with E-state index in [-0.39, 0.29) is 11.8 Å². The van der Waals surface area contributed by atoms with Gasteiger partial charge in [0.15, 0.2) is 0 Å². The van der Waals surface area contributed by atoms with E-state index in [9.17, 15) is 9.59 Å². The summed E-state index contributed by atoms with van der Waals surface area (Å²) in [5.41, 5.74) is 5.63. The van der Waals surface area contributed by atoms with E-state index in [1.54, 1.807) is 16.7 Å². The minimum atomic E-state index is -0.573. The van der Waals surface area contributed by atoms with Gasteiger partial charge in [-0.15, -0.1) is 11.8 Å². The van der Waals surface area contributed by atoms with Crippen LogP contribution in [0.1, 0.15) is 34.7 Å². The lowest BCUT2D eigenvalue weighted by molar-refractivity contribution is -0.139. The highest BCUT2D eigenvalue weighted by atomic mass is 32.2. The summed E-state index contributed by atoms with van der Waals surface area (Å²) < 4.78 is 0. The summed E-state index contributed by atoms with van der Waals surface area (Å²) >= 11 is 1.59. The summed E-state index contributed by atoms with van der Waals surface area (Å²) in [5, 5.41) is 2.94. The molecule has 0 heterocycles. The summed E-state index contributed by atoms with van der Waals surface area (Å²) in [6, 6.07) is 25.9. The number of benzene rings is 3. The van der Waals surface area contributed by atoms with Crippen LogP contribution in [-0.2, 0) is 28.3 Å². The van der Waals surface area contributed by atoms with Gasteiger partial charge in [0.05, 0.1) is 5.75 Å². The molecule has 0 aromatic heterocycles. The Morgan fingerprint density at radius 3 is 2.00 bits per heavy atom. The SMILES string of the molecule is CCNC(=O)[C@@H](Cc1ccccc1)N(Cc1ccc(C)cc1)C(=O)CSCc1ccc(C)cc1. The molecular formula is C29H34N2O2S. The van der Waals surface area contributed by atoms with Gasteiger partial charge in [0.25, 0.3) is 0 Å². The Morgan fingerprint density at radius 1 is 0.824 bits per heavy atom. The van der Waals surface area contributed by atoms with Crippen LogP contribution in [0.25, 0.3) is 0 Å². The summed E-state index contributed by atoms with van der Waals surface area (Å²) in [7, 11) is 0. The van der Waals surface area contributed by atoms with Crippen molar-refractivity contribution >= 4 is 23.6 Å². The summed E-state index contributed by atoms with van der Waals surface area (Å²) in [4.78, 5) is 28.4. The number of thioether (sulfide) groups is 1. The number of nitrogens with zero attached hydrogens (tertiary/aromatic N) is 1. The van der Waals surface area contributed by atoms with Crippen LogP contribution in [0, 0.1) is 13.8 Å². The topological polar surface area (TPSA) is 49.4 Å². The van der Waals surface area contributed by atoms with Crippen LogP contribution < -0.4 is 5.32 Å². The zero-order valence-corrected chi connectivity index (χ0v) is 21.1. The molecule has 0 radical (unpaired) electrons. The molecule has 0 bridgehead atoms. The third-order valence-corrected chi connectivity index (χ3v) is 6.70. The van der Waals surface area contributed by atoms with Crippen molar-refractivity contribution in [1.29, 1.82) is 0 Å². The Bertz CT molecular complexity index is 1050. The third-order valence-electron chi connectivity index (χ3n) is 5.71. The fourth-order valence-corrected chi connectivity index (χ4v) is 4.63. The molecule has 5 heteroatoms. The van der Waals surface area contributed by atoms with Crippen LogP contribution in [0.2, 0.25) is 0 Å². The Labute approximate surface area is 207 Å². The first kappa shape index (κ1) is 25.6. The Morgan fingerprint density at radius 2 is 1.41 bits per heavy atom. The Balaban J connectivity index is 1.81. The lowest BCUT2D eigenvalue weighted by atomic mass is 10.0. The summed E-state index contributed by atoms with van der Waals surface area (Å²) in [6.45, 7) is 6.94. The number of nitrogens with one attached hydrogen (secondary N) is 1. The van der Waals surface area contributed by atoms with Gasteiger partial charge in [0.2, 0.25) is 11.8 Å². The minimum Gasteiger partial charge on any atom is -0.355 e. The fourth-order valence-electron chi connectivity index (χ4n) is 3.76. The quantitative estimate of drug-likeness (QED) is 0.410. The van der Waals surface area contributed by atoms with E-state index in [4.69, 9.17) is 0 Å². The van der Waals surface area contributed by atoms with Gasteiger partial charge in [-0.3, -0.25) is 9.59 Å². The van der Waals surface area contributed by atoms with Crippen molar-refractivity contribution in [1.82, 2.24) is 10.2 Å². The van der Waals surface area contributed by atoms with Crippen molar-refractivity contribution in [3.05, 3.63) is 107 Å². The van der Waals surface area contributed by atoms with Crippen molar-refractivity contribution in [2.45, 2.75) is 45.5 Å². The van der Waals surface area contributed by atoms with E-state index >= 15 is 0 Å². The first-order valence-corrected chi connectivity index (χ1v) is 12.9. The second-order valence-electron chi connectivity index (χ2n) is 8.59. The van der Waals surface area contributed by atoms with Gasteiger partial charge >= 0.3 is 0 Å². The van der Waals surface area contributed by atoms with Crippen LogP contribution in [0.4, 0.5) is 0 Å². The predicted octanol–water partition coefficient (Wildman–Crippen LogP) is 5.31. The number of aryl methyl sites for hydroxylation is 2. The molecule has 0 aliphatic rings. The molecule has 3 aromatic carbocycles. The maximum absolute atomic E-state index is 13.5. The second-order valence-corrected chi connectivity index (χ2v) is 9.57. The maximum atomic E-state index is 13.5. The largest absolute Gasteiger partial charge is 0.355 e. The highest BCUT2D eigenvalue weighted by Gasteiger charge is 2.30. The van der Waals surface area contributed by atoms with Gasteiger partial charge in [-0.2, -0.15) is 0 Å². The number of amides is 2. The first-order valence-electron chi connectivity index (χ1n) is 11.8. The Kier molecular flexibility index (Phi) is 9.77. The van der Waals surface area contributed by atoms with Gasteiger partial charge in [-0.05, 0) is 37.5 Å². The Hall–Kier alpha value is -3.05. The van der Waals surface area contributed by atoms with E-state index in [0.717, 1.165) is 16.9 Å². The molecular weight excluding hydrogens is 440 g/mol. The monoisotopic (exact) mass is 474 g/mol. The molecule has 1 atom stereocenters. The number of hydrogen-bond donors (Lipinski definition) is 1. The zero-order valence-electron chi connectivity index (χ0n) is 20.3. The van der Waals surface area contributed by atoms with Gasteiger partial charge in [0, 0.05) is 25.3 Å². The molecule has 0 saturated carbocycles. The summed E-state index contributed by atoms with van der Waals surface area (Å²) in [5.74, 6) is 0.944. The average Bonchev–Trinajstić information content (AvgIpc) is 2.84. The standard InChI is InChI=1S/C29H34N2O2S/c1-4-30-29(33)27(18-24-8-6-5-7-9-24)31(19-25-14-10-22(2)11-15-25)28(32)21-34-20-26-16-12-23(3)13-17-26/h5-17,27H,4,18-21H2,1-3H3,(H,30,33)/t27-/m1/s1. The number of hydrogen-bond acceptors (Lipinski definition) is 3. The number of rotatable bonds is 11. The van der Waals surface area contributed by atoms with Crippen molar-refractivity contribution in [3.63, 3.8) is 0 Å². The van der Waals surface area contributed by atoms with E-state index in [1.807, 2.05) is 68.4 Å². The van der Waals surface area contributed by atoms with Gasteiger partial charge in [-0.1, -0.05) is 90.0 Å². The van der Waals surface area contributed by atoms with Crippen molar-refractivity contribution in [2.24, 2.45) is 0 Å². The fraction of sp³-hybridized carbons (Fsp3) is 0.310. The molecule has 3 rings (SSSR count). The molecule has 0 spiro atoms. The molecule has 2 amide bonds. The van der Waals surface area contributed by atoms with Gasteiger partial charge in [0.1, 0.15) is 6.04 Å². The highest BCUT2D eigenvalue weighted by Crippen LogP contribution is 2.19. The predicted molar refractivity (Wildman–Crippen MR) is 142 cm³/mol. The molecule has 0 fully saturated rings. The van der Waals surface area contributed by atoms with E-state index < -0.39 is 6.04 Å². The highest BCUT2D eigenvalue weighted by molar-refractivity contribution is 7.99. The van der Waals surface area contributed by atoms with Crippen LogP contribution >= 0.6 is 11.8 Å². The molecule has 0 saturated heterocycles. The first-order chi connectivity index (χ1) is 16.5. The molecule has 178 valence electrons. The third kappa shape index (κ3) is 7.77. The lowest BCUT2D eigenvalue weighted by Crippen LogP contribution is -2.51. The zero-order chi connectivity index (χ0) is 24.3. The molecule has 34 heavy (non-hydrogen) atoms. The van der Waals surface area contributed by atoms with Gasteiger partial charge < -0.3 is 10.2 Å². The molecule has 3 aromatic rings. The second kappa shape index (κ2) is 13.0. The normalized spacial score (nSPS) is 11.6. The molecule has 0 aliphatic carbocycles. The van der Waals surface area contributed by atoms with E-state index in [0.29, 0.717) is 25.3 Å². The molecule has 0 unspecified atom stereocenters. The maximum Gasteiger partial charge on any atom is 0.243 e. The number of likely N-dealkylation sites (N-methyl/N-ethyl adjacent to an activating group) is 1. The van der Waals surface area contributed by atoms with E-state index in [1.165, 1.54) is 16.7 Å². The molecule has 0 aliphatic heterocycles. The van der Waals surface area contributed by atoms with Crippen LogP contribution in [0.3, 0.4) is 0 Å². The summed E-state index contributed by atoms with van der Waals surface area (Å²) in [6.07, 6.45) is 0.479. The lowest BCUT2D eigenvalue weighted by Gasteiger charge is -2.31. The van der Waals surface area contributed by atoms with Crippen molar-refractivity contribution in [3.8, 4) is 0 Å². The van der Waals surface area contributed by atoms with Crippen LogP contribution in [-0.4, -0.2) is 35.1 Å². The van der Waals surface area contributed by atoms with Crippen LogP contribution in [0.15, 0.2) is 78.9 Å². The smallest absolute Gasteiger partial charge is 0.243 e. The number of carbonyl (C=O) groups is 2. The van der Waals surface area contributed by atoms with E-state index in [2.05, 4.69) is 36.5 Å². The average molecular weight is 475 g/mol. The van der Waals surface area contributed by atoms with Crippen LogP contribution in [0.5, 0.6) is 0 Å². The minimum absolute atomic E-state index is 0.0233. The molecule has 4 nitrogen and oxygen atoms in total. The number of carbonyl (C=O) groups excluding carboxylic acids is 2. The van der Waals surface area contributed by atoms with Crippen molar-refractivity contribution in [2.75, 3.05) is 12.3 Å².